The van der Waals surface area contributed by atoms with E-state index in [0.29, 0.717) is 25.5 Å². The van der Waals surface area contributed by atoms with Crippen LogP contribution in [0.2, 0.25) is 0 Å². The first-order chi connectivity index (χ1) is 11.6. The van der Waals surface area contributed by atoms with Gasteiger partial charge in [0.25, 0.3) is 5.91 Å². The van der Waals surface area contributed by atoms with E-state index in [1.807, 2.05) is 18.2 Å². The molecule has 6 nitrogen and oxygen atoms in total. The fourth-order valence-electron chi connectivity index (χ4n) is 2.81. The van der Waals surface area contributed by atoms with E-state index in [1.54, 1.807) is 18.0 Å². The van der Waals surface area contributed by atoms with E-state index < -0.39 is 0 Å². The van der Waals surface area contributed by atoms with Gasteiger partial charge in [-0.2, -0.15) is 0 Å². The van der Waals surface area contributed by atoms with Crippen molar-refractivity contribution in [3.8, 4) is 0 Å². The van der Waals surface area contributed by atoms with Gasteiger partial charge in [-0.3, -0.25) is 14.6 Å². The van der Waals surface area contributed by atoms with Crippen LogP contribution in [0.5, 0.6) is 0 Å². The Balaban J connectivity index is 1.62. The minimum absolute atomic E-state index is 0.0405. The SMILES string of the molecule is Cc1cc(=O)cc(C(=O)N2CCC[C@@H](OCc3ccccn3)C2)o1. The van der Waals surface area contributed by atoms with Crippen LogP contribution in [0.3, 0.4) is 0 Å². The van der Waals surface area contributed by atoms with Gasteiger partial charge in [-0.25, -0.2) is 0 Å². The molecule has 126 valence electrons. The van der Waals surface area contributed by atoms with E-state index in [0.717, 1.165) is 18.5 Å². The predicted molar refractivity (Wildman–Crippen MR) is 87.7 cm³/mol. The lowest BCUT2D eigenvalue weighted by atomic mass is 10.1. The molecular weight excluding hydrogens is 308 g/mol. The molecule has 0 N–H and O–H groups in total. The molecular formula is C18H20N2O4. The molecule has 0 saturated carbocycles. The summed E-state index contributed by atoms with van der Waals surface area (Å²) in [4.78, 5) is 30.0. The van der Waals surface area contributed by atoms with Crippen LogP contribution in [0.25, 0.3) is 0 Å². The quantitative estimate of drug-likeness (QED) is 0.860. The Bertz CT molecular complexity index is 757. The summed E-state index contributed by atoms with van der Waals surface area (Å²) in [6, 6.07) is 8.30. The molecule has 24 heavy (non-hydrogen) atoms. The van der Waals surface area contributed by atoms with Gasteiger partial charge < -0.3 is 14.1 Å². The zero-order valence-corrected chi connectivity index (χ0v) is 13.6. The van der Waals surface area contributed by atoms with Crippen LogP contribution in [-0.4, -0.2) is 35.0 Å². The average molecular weight is 328 g/mol. The van der Waals surface area contributed by atoms with Crippen molar-refractivity contribution in [1.29, 1.82) is 0 Å². The van der Waals surface area contributed by atoms with Crippen molar-refractivity contribution >= 4 is 5.91 Å². The second-order valence-corrected chi connectivity index (χ2v) is 5.92. The first-order valence-electron chi connectivity index (χ1n) is 8.04. The van der Waals surface area contributed by atoms with Crippen LogP contribution in [0.1, 0.15) is 34.9 Å². The number of rotatable bonds is 4. The Hall–Kier alpha value is -2.47. The Morgan fingerprint density at radius 3 is 3.04 bits per heavy atom. The van der Waals surface area contributed by atoms with Gasteiger partial charge >= 0.3 is 0 Å². The standard InChI is InChI=1S/C18H20N2O4/c1-13-9-15(21)10-17(24-13)18(22)20-8-4-6-16(11-20)23-12-14-5-2-3-7-19-14/h2-3,5,7,9-10,16H,4,6,8,11-12H2,1H3/t16-/m1/s1. The fraction of sp³-hybridized carbons (Fsp3) is 0.389. The van der Waals surface area contributed by atoms with Crippen LogP contribution < -0.4 is 5.43 Å². The number of nitrogens with zero attached hydrogens (tertiary/aromatic N) is 2. The van der Waals surface area contributed by atoms with E-state index >= 15 is 0 Å². The monoisotopic (exact) mass is 328 g/mol. The number of hydrogen-bond acceptors (Lipinski definition) is 5. The average Bonchev–Trinajstić information content (AvgIpc) is 2.59. The smallest absolute Gasteiger partial charge is 0.289 e. The number of ether oxygens (including phenoxy) is 1. The van der Waals surface area contributed by atoms with E-state index in [2.05, 4.69) is 4.98 Å². The van der Waals surface area contributed by atoms with Gasteiger partial charge in [-0.05, 0) is 31.9 Å². The number of pyridine rings is 1. The number of hydrogen-bond donors (Lipinski definition) is 0. The van der Waals surface area contributed by atoms with Crippen LogP contribution >= 0.6 is 0 Å². The third-order valence-corrected chi connectivity index (χ3v) is 3.96. The lowest BCUT2D eigenvalue weighted by molar-refractivity contribution is -0.00873. The van der Waals surface area contributed by atoms with Crippen LogP contribution in [0, 0.1) is 6.92 Å². The first-order valence-corrected chi connectivity index (χ1v) is 8.04. The molecule has 1 fully saturated rings. The minimum Gasteiger partial charge on any atom is -0.456 e. The minimum atomic E-state index is -0.262. The summed E-state index contributed by atoms with van der Waals surface area (Å²) in [6.45, 7) is 3.21. The van der Waals surface area contributed by atoms with E-state index in [-0.39, 0.29) is 23.2 Å². The summed E-state index contributed by atoms with van der Waals surface area (Å²) in [5.41, 5.74) is 0.646. The van der Waals surface area contributed by atoms with Crippen molar-refractivity contribution in [1.82, 2.24) is 9.88 Å². The Morgan fingerprint density at radius 1 is 1.42 bits per heavy atom. The highest BCUT2D eigenvalue weighted by Gasteiger charge is 2.26. The largest absolute Gasteiger partial charge is 0.456 e. The van der Waals surface area contributed by atoms with Gasteiger partial charge in [0.15, 0.2) is 11.2 Å². The van der Waals surface area contributed by atoms with Gasteiger partial charge in [-0.15, -0.1) is 0 Å². The maximum absolute atomic E-state index is 12.5. The summed E-state index contributed by atoms with van der Waals surface area (Å²) in [5, 5.41) is 0. The number of aromatic nitrogens is 1. The summed E-state index contributed by atoms with van der Waals surface area (Å²) >= 11 is 0. The zero-order chi connectivity index (χ0) is 16.9. The third-order valence-electron chi connectivity index (χ3n) is 3.96. The highest BCUT2D eigenvalue weighted by Crippen LogP contribution is 2.17. The highest BCUT2D eigenvalue weighted by atomic mass is 16.5. The molecule has 2 aromatic heterocycles. The zero-order valence-electron chi connectivity index (χ0n) is 13.6. The normalized spacial score (nSPS) is 17.7. The number of carbonyl (C=O) groups excluding carboxylic acids is 1. The lowest BCUT2D eigenvalue weighted by Gasteiger charge is -2.32. The molecule has 3 heterocycles. The highest BCUT2D eigenvalue weighted by molar-refractivity contribution is 5.91. The maximum atomic E-state index is 12.5. The third kappa shape index (κ3) is 4.08. The Labute approximate surface area is 140 Å². The number of carbonyl (C=O) groups is 1. The molecule has 6 heteroatoms. The topological polar surface area (TPSA) is 72.6 Å². The molecule has 1 saturated heterocycles. The molecule has 0 radical (unpaired) electrons. The van der Waals surface area contributed by atoms with Gasteiger partial charge in [0.1, 0.15) is 5.76 Å². The molecule has 1 amide bonds. The van der Waals surface area contributed by atoms with Crippen molar-refractivity contribution in [2.75, 3.05) is 13.1 Å². The number of piperidine rings is 1. The molecule has 1 aliphatic rings. The van der Waals surface area contributed by atoms with Gasteiger partial charge in [0.05, 0.1) is 18.4 Å². The predicted octanol–water partition coefficient (Wildman–Crippen LogP) is 2.16. The molecule has 0 unspecified atom stereocenters. The van der Waals surface area contributed by atoms with Gasteiger partial charge in [0, 0.05) is 31.4 Å². The summed E-state index contributed by atoms with van der Waals surface area (Å²) < 4.78 is 11.3. The molecule has 1 aliphatic heterocycles. The molecule has 0 aromatic carbocycles. The van der Waals surface area contributed by atoms with Crippen LogP contribution in [0.15, 0.2) is 45.7 Å². The van der Waals surface area contributed by atoms with Crippen LogP contribution in [-0.2, 0) is 11.3 Å². The maximum Gasteiger partial charge on any atom is 0.289 e. The Morgan fingerprint density at radius 2 is 2.29 bits per heavy atom. The lowest BCUT2D eigenvalue weighted by Crippen LogP contribution is -2.43. The van der Waals surface area contributed by atoms with E-state index in [9.17, 15) is 9.59 Å². The van der Waals surface area contributed by atoms with Crippen molar-refractivity contribution in [3.63, 3.8) is 0 Å². The summed E-state index contributed by atoms with van der Waals surface area (Å²) in [7, 11) is 0. The van der Waals surface area contributed by atoms with Gasteiger partial charge in [0.2, 0.25) is 0 Å². The van der Waals surface area contributed by atoms with E-state index in [1.165, 1.54) is 12.1 Å². The van der Waals surface area contributed by atoms with Crippen molar-refractivity contribution < 1.29 is 13.9 Å². The fourth-order valence-corrected chi connectivity index (χ4v) is 2.81. The molecule has 1 atom stereocenters. The van der Waals surface area contributed by atoms with Crippen molar-refractivity contribution in [3.05, 3.63) is 64.0 Å². The van der Waals surface area contributed by atoms with Gasteiger partial charge in [-0.1, -0.05) is 6.07 Å². The molecule has 0 bridgehead atoms. The van der Waals surface area contributed by atoms with Crippen molar-refractivity contribution in [2.24, 2.45) is 0 Å². The number of likely N-dealkylation sites (tertiary alicyclic amines) is 1. The number of amides is 1. The van der Waals surface area contributed by atoms with Crippen LogP contribution in [0.4, 0.5) is 0 Å². The second kappa shape index (κ2) is 7.40. The second-order valence-electron chi connectivity index (χ2n) is 5.92. The molecule has 0 spiro atoms. The summed E-state index contributed by atoms with van der Waals surface area (Å²) in [6.07, 6.45) is 3.44. The Kier molecular flexibility index (Phi) is 5.05. The molecule has 2 aromatic rings. The summed E-state index contributed by atoms with van der Waals surface area (Å²) in [5.74, 6) is 0.262. The van der Waals surface area contributed by atoms with E-state index in [4.69, 9.17) is 9.15 Å². The molecule has 3 rings (SSSR count). The number of aryl methyl sites for hydroxylation is 1. The first kappa shape index (κ1) is 16.4. The van der Waals surface area contributed by atoms with Crippen molar-refractivity contribution in [2.45, 2.75) is 32.5 Å². The molecule has 0 aliphatic carbocycles.